The Labute approximate surface area is 107 Å². The Morgan fingerprint density at radius 1 is 1.33 bits per heavy atom. The van der Waals surface area contributed by atoms with Gasteiger partial charge in [-0.2, -0.15) is 0 Å². The quantitative estimate of drug-likeness (QED) is 0.508. The van der Waals surface area contributed by atoms with Crippen LogP contribution in [0.2, 0.25) is 0 Å². The SMILES string of the molecule is CCNC(N)=NCCc1ccc(S(N)(=O)=O)cc1. The molecule has 0 aliphatic rings. The number of hydrogen-bond donors (Lipinski definition) is 3. The van der Waals surface area contributed by atoms with E-state index in [4.69, 9.17) is 10.9 Å². The summed E-state index contributed by atoms with van der Waals surface area (Å²) in [6, 6.07) is 6.42. The van der Waals surface area contributed by atoms with Gasteiger partial charge in [0, 0.05) is 13.1 Å². The van der Waals surface area contributed by atoms with Crippen LogP contribution in [0.25, 0.3) is 0 Å². The maximum Gasteiger partial charge on any atom is 0.238 e. The van der Waals surface area contributed by atoms with E-state index < -0.39 is 10.0 Å². The molecule has 0 saturated heterocycles. The Morgan fingerprint density at radius 2 is 1.94 bits per heavy atom. The van der Waals surface area contributed by atoms with Gasteiger partial charge >= 0.3 is 0 Å². The van der Waals surface area contributed by atoms with Crippen LogP contribution in [0.15, 0.2) is 34.2 Å². The number of aliphatic imine (C=N–C) groups is 1. The van der Waals surface area contributed by atoms with Crippen molar-refractivity contribution in [2.24, 2.45) is 15.9 Å². The van der Waals surface area contributed by atoms with Gasteiger partial charge in [-0.1, -0.05) is 12.1 Å². The second-order valence-corrected chi connectivity index (χ2v) is 5.30. The largest absolute Gasteiger partial charge is 0.370 e. The summed E-state index contributed by atoms with van der Waals surface area (Å²) in [6.45, 7) is 3.22. The number of hydrogen-bond acceptors (Lipinski definition) is 3. The Hall–Kier alpha value is -1.60. The molecule has 0 aliphatic carbocycles. The minimum Gasteiger partial charge on any atom is -0.370 e. The zero-order valence-electron chi connectivity index (χ0n) is 10.3. The summed E-state index contributed by atoms with van der Waals surface area (Å²) in [6.07, 6.45) is 0.691. The fraction of sp³-hybridized carbons (Fsp3) is 0.364. The van der Waals surface area contributed by atoms with Gasteiger partial charge in [0.05, 0.1) is 4.90 Å². The van der Waals surface area contributed by atoms with Crippen LogP contribution in [0, 0.1) is 0 Å². The fourth-order valence-electron chi connectivity index (χ4n) is 1.39. The maximum atomic E-state index is 11.1. The number of guanidine groups is 1. The predicted octanol–water partition coefficient (Wildman–Crippen LogP) is -0.199. The van der Waals surface area contributed by atoms with Crippen molar-refractivity contribution in [2.75, 3.05) is 13.1 Å². The number of sulfonamides is 1. The van der Waals surface area contributed by atoms with Gasteiger partial charge in [0.25, 0.3) is 0 Å². The minimum atomic E-state index is -3.62. The van der Waals surface area contributed by atoms with E-state index in [1.54, 1.807) is 12.1 Å². The molecule has 0 aliphatic heterocycles. The van der Waals surface area contributed by atoms with E-state index in [0.29, 0.717) is 18.9 Å². The summed E-state index contributed by atoms with van der Waals surface area (Å²) in [5, 5.41) is 7.90. The third-order valence-corrected chi connectivity index (χ3v) is 3.22. The molecule has 0 spiro atoms. The van der Waals surface area contributed by atoms with E-state index in [-0.39, 0.29) is 4.90 Å². The van der Waals surface area contributed by atoms with E-state index in [2.05, 4.69) is 10.3 Å². The molecule has 7 heteroatoms. The summed E-state index contributed by atoms with van der Waals surface area (Å²) in [5.41, 5.74) is 6.55. The van der Waals surface area contributed by atoms with E-state index in [1.807, 2.05) is 6.92 Å². The zero-order valence-corrected chi connectivity index (χ0v) is 11.1. The molecule has 1 rings (SSSR count). The first kappa shape index (κ1) is 14.5. The second kappa shape index (κ2) is 6.36. The predicted molar refractivity (Wildman–Crippen MR) is 71.7 cm³/mol. The van der Waals surface area contributed by atoms with Gasteiger partial charge in [-0.15, -0.1) is 0 Å². The lowest BCUT2D eigenvalue weighted by Gasteiger charge is -2.03. The van der Waals surface area contributed by atoms with Crippen LogP contribution in [0.5, 0.6) is 0 Å². The van der Waals surface area contributed by atoms with Gasteiger partial charge in [-0.05, 0) is 31.0 Å². The summed E-state index contributed by atoms with van der Waals surface area (Å²) in [4.78, 5) is 4.23. The number of rotatable bonds is 5. The van der Waals surface area contributed by atoms with Crippen molar-refractivity contribution in [1.82, 2.24) is 5.32 Å². The van der Waals surface area contributed by atoms with Crippen molar-refractivity contribution in [2.45, 2.75) is 18.2 Å². The summed E-state index contributed by atoms with van der Waals surface area (Å²) >= 11 is 0. The lowest BCUT2D eigenvalue weighted by atomic mass is 10.1. The number of primary sulfonamides is 1. The van der Waals surface area contributed by atoms with Crippen molar-refractivity contribution >= 4 is 16.0 Å². The van der Waals surface area contributed by atoms with Crippen molar-refractivity contribution in [3.63, 3.8) is 0 Å². The number of nitrogens with one attached hydrogen (secondary N) is 1. The van der Waals surface area contributed by atoms with Crippen LogP contribution in [0.1, 0.15) is 12.5 Å². The summed E-state index contributed by atoms with van der Waals surface area (Å²) in [5.74, 6) is 0.415. The van der Waals surface area contributed by atoms with Crippen LogP contribution in [-0.4, -0.2) is 27.5 Å². The molecule has 0 radical (unpaired) electrons. The Bertz CT molecular complexity index is 508. The molecule has 100 valence electrons. The highest BCUT2D eigenvalue weighted by atomic mass is 32.2. The average Bonchev–Trinajstić information content (AvgIpc) is 2.29. The number of nitrogens with two attached hydrogens (primary N) is 2. The molecular weight excluding hydrogens is 252 g/mol. The lowest BCUT2D eigenvalue weighted by Crippen LogP contribution is -2.31. The van der Waals surface area contributed by atoms with Gasteiger partial charge in [0.15, 0.2) is 5.96 Å². The van der Waals surface area contributed by atoms with Gasteiger partial charge in [0.1, 0.15) is 0 Å². The molecule has 6 nitrogen and oxygen atoms in total. The maximum absolute atomic E-state index is 11.1. The van der Waals surface area contributed by atoms with E-state index in [1.165, 1.54) is 12.1 Å². The fourth-order valence-corrected chi connectivity index (χ4v) is 1.90. The smallest absolute Gasteiger partial charge is 0.238 e. The van der Waals surface area contributed by atoms with Crippen molar-refractivity contribution in [3.05, 3.63) is 29.8 Å². The van der Waals surface area contributed by atoms with Crippen molar-refractivity contribution in [3.8, 4) is 0 Å². The highest BCUT2D eigenvalue weighted by molar-refractivity contribution is 7.89. The molecule has 0 heterocycles. The van der Waals surface area contributed by atoms with Gasteiger partial charge in [-0.25, -0.2) is 13.6 Å². The van der Waals surface area contributed by atoms with Crippen LogP contribution in [0.3, 0.4) is 0 Å². The third kappa shape index (κ3) is 4.72. The molecule has 0 saturated carbocycles. The van der Waals surface area contributed by atoms with Crippen LogP contribution >= 0.6 is 0 Å². The first-order valence-corrected chi connectivity index (χ1v) is 7.13. The monoisotopic (exact) mass is 270 g/mol. The molecule has 0 bridgehead atoms. The molecular formula is C11H18N4O2S. The Kier molecular flexibility index (Phi) is 5.11. The molecule has 0 fully saturated rings. The van der Waals surface area contributed by atoms with Crippen molar-refractivity contribution < 1.29 is 8.42 Å². The first-order chi connectivity index (χ1) is 8.43. The molecule has 18 heavy (non-hydrogen) atoms. The van der Waals surface area contributed by atoms with Gasteiger partial charge in [0.2, 0.25) is 10.0 Å². The first-order valence-electron chi connectivity index (χ1n) is 5.59. The summed E-state index contributed by atoms with van der Waals surface area (Å²) < 4.78 is 22.1. The Morgan fingerprint density at radius 3 is 2.44 bits per heavy atom. The van der Waals surface area contributed by atoms with E-state index in [0.717, 1.165) is 12.1 Å². The average molecular weight is 270 g/mol. The molecule has 0 amide bonds. The molecule has 1 aromatic carbocycles. The van der Waals surface area contributed by atoms with E-state index >= 15 is 0 Å². The molecule has 0 unspecified atom stereocenters. The second-order valence-electron chi connectivity index (χ2n) is 3.74. The molecule has 5 N–H and O–H groups in total. The highest BCUT2D eigenvalue weighted by Gasteiger charge is 2.06. The molecule has 0 atom stereocenters. The lowest BCUT2D eigenvalue weighted by molar-refractivity contribution is 0.598. The molecule has 1 aromatic rings. The highest BCUT2D eigenvalue weighted by Crippen LogP contribution is 2.09. The van der Waals surface area contributed by atoms with Crippen LogP contribution < -0.4 is 16.2 Å². The van der Waals surface area contributed by atoms with Gasteiger partial charge in [-0.3, -0.25) is 4.99 Å². The normalized spacial score (nSPS) is 12.4. The van der Waals surface area contributed by atoms with Crippen LogP contribution in [-0.2, 0) is 16.4 Å². The third-order valence-electron chi connectivity index (χ3n) is 2.29. The van der Waals surface area contributed by atoms with Crippen molar-refractivity contribution in [1.29, 1.82) is 0 Å². The standard InChI is InChI=1S/C11H18N4O2S/c1-2-14-11(12)15-8-7-9-3-5-10(6-4-9)18(13,16)17/h3-6H,2,7-8H2,1H3,(H3,12,14,15)(H2,13,16,17). The number of benzene rings is 1. The topological polar surface area (TPSA) is 111 Å². The zero-order chi connectivity index (χ0) is 13.6. The number of nitrogens with zero attached hydrogens (tertiary/aromatic N) is 1. The Balaban J connectivity index is 2.57. The molecule has 0 aromatic heterocycles. The van der Waals surface area contributed by atoms with Crippen LogP contribution in [0.4, 0.5) is 0 Å². The summed E-state index contributed by atoms with van der Waals surface area (Å²) in [7, 11) is -3.62. The minimum absolute atomic E-state index is 0.113. The van der Waals surface area contributed by atoms with E-state index in [9.17, 15) is 8.42 Å². The van der Waals surface area contributed by atoms with Gasteiger partial charge < -0.3 is 11.1 Å².